The molecule has 1 rings (SSSR count). The summed E-state index contributed by atoms with van der Waals surface area (Å²) in [6.07, 6.45) is 1.78. The van der Waals surface area contributed by atoms with Crippen molar-refractivity contribution in [2.45, 2.75) is 0 Å². The summed E-state index contributed by atoms with van der Waals surface area (Å²) in [5.74, 6) is 1.80. The first-order chi connectivity index (χ1) is 4.74. The third kappa shape index (κ3) is 1.21. The number of imidazole rings is 1. The maximum absolute atomic E-state index is 4.05. The molecular weight excluding hydrogens is 128 g/mol. The molecule has 10 heavy (non-hydrogen) atoms. The second-order valence-electron chi connectivity index (χ2n) is 2.26. The van der Waals surface area contributed by atoms with Gasteiger partial charge in [0.05, 0.1) is 6.20 Å². The Kier molecular flexibility index (Phi) is 1.80. The molecule has 0 fully saturated rings. The first-order valence-electron chi connectivity index (χ1n) is 3.14. The monoisotopic (exact) mass is 140 g/mol. The Bertz CT molecular complexity index is 203. The number of aromatic nitrogens is 2. The third-order valence-electron chi connectivity index (χ3n) is 1.28. The molecule has 0 unspecified atom stereocenters. The molecule has 0 aliphatic carbocycles. The average Bonchev–Trinajstić information content (AvgIpc) is 2.34. The molecular formula is C6H12N4. The van der Waals surface area contributed by atoms with Gasteiger partial charge in [-0.15, -0.1) is 0 Å². The van der Waals surface area contributed by atoms with Crippen LogP contribution in [0.1, 0.15) is 0 Å². The van der Waals surface area contributed by atoms with E-state index in [0.29, 0.717) is 0 Å². The van der Waals surface area contributed by atoms with Crippen LogP contribution >= 0.6 is 0 Å². The number of hydrogen-bond acceptors (Lipinski definition) is 3. The van der Waals surface area contributed by atoms with Crippen molar-refractivity contribution in [3.63, 3.8) is 0 Å². The minimum atomic E-state index is 0.795. The van der Waals surface area contributed by atoms with Crippen LogP contribution in [0, 0.1) is 0 Å². The van der Waals surface area contributed by atoms with Gasteiger partial charge in [-0.1, -0.05) is 0 Å². The van der Waals surface area contributed by atoms with E-state index in [9.17, 15) is 0 Å². The van der Waals surface area contributed by atoms with Crippen molar-refractivity contribution in [2.75, 3.05) is 31.4 Å². The van der Waals surface area contributed by atoms with E-state index in [1.165, 1.54) is 0 Å². The summed E-state index contributed by atoms with van der Waals surface area (Å²) in [7, 11) is 5.76. The zero-order chi connectivity index (χ0) is 7.56. The number of rotatable bonds is 2. The second kappa shape index (κ2) is 2.60. The molecule has 56 valence electrons. The molecule has 0 aliphatic rings. The third-order valence-corrected chi connectivity index (χ3v) is 1.28. The van der Waals surface area contributed by atoms with Gasteiger partial charge in [-0.3, -0.25) is 0 Å². The Hall–Kier alpha value is -1.19. The second-order valence-corrected chi connectivity index (χ2v) is 2.26. The summed E-state index contributed by atoms with van der Waals surface area (Å²) in [4.78, 5) is 9.08. The number of anilines is 2. The molecule has 0 saturated heterocycles. The van der Waals surface area contributed by atoms with Crippen LogP contribution in [0.3, 0.4) is 0 Å². The van der Waals surface area contributed by atoms with Crippen molar-refractivity contribution in [1.82, 2.24) is 9.97 Å². The summed E-state index contributed by atoms with van der Waals surface area (Å²) >= 11 is 0. The van der Waals surface area contributed by atoms with E-state index in [0.717, 1.165) is 11.8 Å². The highest BCUT2D eigenvalue weighted by Gasteiger charge is 1.97. The van der Waals surface area contributed by atoms with Gasteiger partial charge in [0.15, 0.2) is 0 Å². The lowest BCUT2D eigenvalue weighted by Gasteiger charge is -2.06. The Labute approximate surface area is 60.3 Å². The van der Waals surface area contributed by atoms with Gasteiger partial charge in [0.1, 0.15) is 5.82 Å². The van der Waals surface area contributed by atoms with E-state index in [2.05, 4.69) is 15.3 Å². The summed E-state index contributed by atoms with van der Waals surface area (Å²) in [5.41, 5.74) is 0. The van der Waals surface area contributed by atoms with Gasteiger partial charge in [0.25, 0.3) is 0 Å². The van der Waals surface area contributed by atoms with Crippen LogP contribution in [0.4, 0.5) is 11.8 Å². The lowest BCUT2D eigenvalue weighted by Crippen LogP contribution is -2.08. The normalized spacial score (nSPS) is 9.50. The van der Waals surface area contributed by atoms with Crippen molar-refractivity contribution in [2.24, 2.45) is 0 Å². The van der Waals surface area contributed by atoms with Gasteiger partial charge >= 0.3 is 0 Å². The number of nitrogens with zero attached hydrogens (tertiary/aromatic N) is 2. The van der Waals surface area contributed by atoms with Gasteiger partial charge in [0.2, 0.25) is 5.95 Å². The number of nitrogens with one attached hydrogen (secondary N) is 2. The summed E-state index contributed by atoms with van der Waals surface area (Å²) in [5, 5.41) is 2.91. The van der Waals surface area contributed by atoms with Gasteiger partial charge in [-0.05, 0) is 0 Å². The number of hydrogen-bond donors (Lipinski definition) is 2. The fraction of sp³-hybridized carbons (Fsp3) is 0.500. The Morgan fingerprint density at radius 2 is 2.30 bits per heavy atom. The Morgan fingerprint density at radius 3 is 2.60 bits per heavy atom. The van der Waals surface area contributed by atoms with Crippen molar-refractivity contribution in [1.29, 1.82) is 0 Å². The molecule has 0 atom stereocenters. The average molecular weight is 140 g/mol. The largest absolute Gasteiger partial charge is 0.363 e. The fourth-order valence-corrected chi connectivity index (χ4v) is 0.666. The molecule has 0 bridgehead atoms. The molecule has 1 aromatic rings. The van der Waals surface area contributed by atoms with Crippen LogP contribution in [0.5, 0.6) is 0 Å². The van der Waals surface area contributed by atoms with Gasteiger partial charge in [0, 0.05) is 21.1 Å². The molecule has 0 spiro atoms. The smallest absolute Gasteiger partial charge is 0.201 e. The van der Waals surface area contributed by atoms with Crippen molar-refractivity contribution in [3.05, 3.63) is 6.20 Å². The molecule has 4 heteroatoms. The molecule has 0 amide bonds. The van der Waals surface area contributed by atoms with Crippen LogP contribution in [-0.4, -0.2) is 31.1 Å². The summed E-state index contributed by atoms with van der Waals surface area (Å²) in [6, 6.07) is 0. The van der Waals surface area contributed by atoms with E-state index in [-0.39, 0.29) is 0 Å². The zero-order valence-electron chi connectivity index (χ0n) is 6.47. The highest BCUT2D eigenvalue weighted by molar-refractivity contribution is 5.41. The van der Waals surface area contributed by atoms with Crippen LogP contribution < -0.4 is 10.2 Å². The van der Waals surface area contributed by atoms with E-state index < -0.39 is 0 Å². The van der Waals surface area contributed by atoms with Crippen LogP contribution in [0.2, 0.25) is 0 Å². The van der Waals surface area contributed by atoms with E-state index >= 15 is 0 Å². The number of H-pyrrole nitrogens is 1. The standard InChI is InChI=1S/C6H12N4/c1-7-6-8-4-5(9-6)10(2)3/h4H,1-3H3,(H2,7,8,9). The topological polar surface area (TPSA) is 44.0 Å². The van der Waals surface area contributed by atoms with E-state index in [4.69, 9.17) is 0 Å². The molecule has 2 N–H and O–H groups in total. The Balaban J connectivity index is 2.78. The first-order valence-corrected chi connectivity index (χ1v) is 3.14. The molecule has 0 aliphatic heterocycles. The predicted octanol–water partition coefficient (Wildman–Crippen LogP) is 0.517. The Morgan fingerprint density at radius 1 is 1.60 bits per heavy atom. The fourth-order valence-electron chi connectivity index (χ4n) is 0.666. The van der Waals surface area contributed by atoms with E-state index in [1.807, 2.05) is 26.0 Å². The maximum atomic E-state index is 4.05. The minimum absolute atomic E-state index is 0.795. The van der Waals surface area contributed by atoms with Crippen molar-refractivity contribution < 1.29 is 0 Å². The van der Waals surface area contributed by atoms with Gasteiger partial charge in [-0.25, -0.2) is 4.98 Å². The van der Waals surface area contributed by atoms with Crippen molar-refractivity contribution >= 4 is 11.8 Å². The van der Waals surface area contributed by atoms with Crippen LogP contribution in [0.15, 0.2) is 6.20 Å². The van der Waals surface area contributed by atoms with Gasteiger partial charge < -0.3 is 15.2 Å². The summed E-state index contributed by atoms with van der Waals surface area (Å²) in [6.45, 7) is 0. The maximum Gasteiger partial charge on any atom is 0.201 e. The zero-order valence-corrected chi connectivity index (χ0v) is 6.47. The molecule has 0 aromatic carbocycles. The first kappa shape index (κ1) is 6.92. The highest BCUT2D eigenvalue weighted by atomic mass is 15.2. The highest BCUT2D eigenvalue weighted by Crippen LogP contribution is 2.08. The summed E-state index contributed by atoms with van der Waals surface area (Å²) < 4.78 is 0. The SMILES string of the molecule is CNc1ncc(N(C)C)[nH]1. The quantitative estimate of drug-likeness (QED) is 0.629. The molecule has 0 radical (unpaired) electrons. The van der Waals surface area contributed by atoms with Crippen LogP contribution in [-0.2, 0) is 0 Å². The van der Waals surface area contributed by atoms with E-state index in [1.54, 1.807) is 6.20 Å². The lowest BCUT2D eigenvalue weighted by molar-refractivity contribution is 1.09. The van der Waals surface area contributed by atoms with Crippen LogP contribution in [0.25, 0.3) is 0 Å². The number of aromatic amines is 1. The molecule has 1 heterocycles. The molecule has 0 saturated carbocycles. The minimum Gasteiger partial charge on any atom is -0.363 e. The van der Waals surface area contributed by atoms with Gasteiger partial charge in [-0.2, -0.15) is 0 Å². The van der Waals surface area contributed by atoms with Crippen molar-refractivity contribution in [3.8, 4) is 0 Å². The predicted molar refractivity (Wildman–Crippen MR) is 42.5 cm³/mol. The lowest BCUT2D eigenvalue weighted by atomic mass is 10.7. The molecule has 1 aromatic heterocycles. The molecule has 4 nitrogen and oxygen atoms in total.